The highest BCUT2D eigenvalue weighted by atomic mass is 19.4. The van der Waals surface area contributed by atoms with Gasteiger partial charge >= 0.3 is 6.18 Å². The Bertz CT molecular complexity index is 1820. The summed E-state index contributed by atoms with van der Waals surface area (Å²) in [5, 5.41) is 16.4. The molecule has 0 aliphatic carbocycles. The lowest BCUT2D eigenvalue weighted by Gasteiger charge is -2.38. The van der Waals surface area contributed by atoms with Gasteiger partial charge in [-0.15, -0.1) is 0 Å². The average Bonchev–Trinajstić information content (AvgIpc) is 3.43. The number of aromatic nitrogens is 2. The first-order valence-electron chi connectivity index (χ1n) is 15.7. The molecule has 0 bridgehead atoms. The van der Waals surface area contributed by atoms with E-state index in [0.717, 1.165) is 18.4 Å². The molecule has 1 fully saturated rings. The SMILES string of the molecule is Cc1cc(CCC(O)(CC(C)(C)c2cc(F)ccc2C)C(F)(F)F)c2cnn(-c3cccc(C(=O)N4CCCCC4C(N)=O)c3)c2c1. The summed E-state index contributed by atoms with van der Waals surface area (Å²) >= 11 is 0. The maximum absolute atomic E-state index is 14.6. The van der Waals surface area contributed by atoms with Crippen molar-refractivity contribution >= 4 is 22.7 Å². The highest BCUT2D eigenvalue weighted by molar-refractivity contribution is 5.98. The van der Waals surface area contributed by atoms with E-state index in [1.807, 2.05) is 13.0 Å². The number of likely N-dealkylation sites (tertiary alicyclic amines) is 1. The summed E-state index contributed by atoms with van der Waals surface area (Å²) in [6.45, 7) is 7.12. The third-order valence-corrected chi connectivity index (χ3v) is 9.35. The Morgan fingerprint density at radius 2 is 1.79 bits per heavy atom. The summed E-state index contributed by atoms with van der Waals surface area (Å²) in [5.74, 6) is -1.41. The zero-order chi connectivity index (χ0) is 34.3. The molecule has 1 saturated heterocycles. The Morgan fingerprint density at radius 1 is 1.04 bits per heavy atom. The lowest BCUT2D eigenvalue weighted by atomic mass is 9.72. The Balaban J connectivity index is 1.44. The van der Waals surface area contributed by atoms with Gasteiger partial charge in [0.1, 0.15) is 11.9 Å². The first-order valence-corrected chi connectivity index (χ1v) is 15.7. The first-order chi connectivity index (χ1) is 22.0. The monoisotopic (exact) mass is 652 g/mol. The summed E-state index contributed by atoms with van der Waals surface area (Å²) in [7, 11) is 0. The van der Waals surface area contributed by atoms with Crippen molar-refractivity contribution in [2.75, 3.05) is 6.54 Å². The molecule has 1 aromatic heterocycles. The lowest BCUT2D eigenvalue weighted by molar-refractivity contribution is -0.269. The van der Waals surface area contributed by atoms with Gasteiger partial charge < -0.3 is 15.7 Å². The minimum atomic E-state index is -4.94. The standard InChI is InChI=1S/C36H40F4N4O3/c1-22-16-24(13-14-35(47,36(38,39)40)21-34(3,4)29-19-26(37)12-11-23(29)2)28-20-42-44(31(28)17-22)27-9-7-8-25(18-27)33(46)43-15-6-5-10-30(43)32(41)45/h7-9,11-12,16-20,30,47H,5-6,10,13-15,21H2,1-4H3,(H2,41,45). The fraction of sp³-hybridized carbons (Fsp3) is 0.417. The summed E-state index contributed by atoms with van der Waals surface area (Å²) in [6.07, 6.45) is -2.64. The number of fused-ring (bicyclic) bond motifs is 1. The number of piperidine rings is 1. The second-order valence-corrected chi connectivity index (χ2v) is 13.4. The van der Waals surface area contributed by atoms with Crippen molar-refractivity contribution in [1.82, 2.24) is 14.7 Å². The number of amides is 2. The molecule has 2 unspecified atom stereocenters. The number of nitrogens with two attached hydrogens (primary N) is 1. The number of hydrogen-bond donors (Lipinski definition) is 2. The van der Waals surface area contributed by atoms with Gasteiger partial charge in [0.25, 0.3) is 5.91 Å². The molecule has 2 heterocycles. The fourth-order valence-corrected chi connectivity index (χ4v) is 7.00. The van der Waals surface area contributed by atoms with Crippen molar-refractivity contribution in [2.24, 2.45) is 5.73 Å². The minimum Gasteiger partial charge on any atom is -0.380 e. The Labute approximate surface area is 271 Å². The first kappa shape index (κ1) is 34.1. The maximum Gasteiger partial charge on any atom is 0.417 e. The number of halogens is 4. The van der Waals surface area contributed by atoms with Crippen molar-refractivity contribution in [1.29, 1.82) is 0 Å². The van der Waals surface area contributed by atoms with Crippen molar-refractivity contribution in [3.8, 4) is 5.69 Å². The van der Waals surface area contributed by atoms with E-state index in [0.29, 0.717) is 51.8 Å². The summed E-state index contributed by atoms with van der Waals surface area (Å²) in [6, 6.07) is 13.8. The molecule has 0 spiro atoms. The van der Waals surface area contributed by atoms with Crippen LogP contribution in [-0.4, -0.2) is 56.0 Å². The largest absolute Gasteiger partial charge is 0.417 e. The van der Waals surface area contributed by atoms with E-state index in [1.54, 1.807) is 62.0 Å². The van der Waals surface area contributed by atoms with E-state index >= 15 is 0 Å². The predicted molar refractivity (Wildman–Crippen MR) is 172 cm³/mol. The fourth-order valence-electron chi connectivity index (χ4n) is 7.00. The molecule has 0 saturated carbocycles. The number of primary amides is 1. The van der Waals surface area contributed by atoms with Gasteiger partial charge in [-0.3, -0.25) is 9.59 Å². The number of carbonyl (C=O) groups excluding carboxylic acids is 2. The van der Waals surface area contributed by atoms with Crippen LogP contribution in [0.15, 0.2) is 60.8 Å². The van der Waals surface area contributed by atoms with E-state index in [9.17, 15) is 32.3 Å². The van der Waals surface area contributed by atoms with Crippen molar-refractivity contribution < 1.29 is 32.3 Å². The molecule has 2 atom stereocenters. The van der Waals surface area contributed by atoms with E-state index in [4.69, 9.17) is 5.73 Å². The Hall–Kier alpha value is -4.25. The quantitative estimate of drug-likeness (QED) is 0.193. The summed E-state index contributed by atoms with van der Waals surface area (Å²) < 4.78 is 59.4. The number of aryl methyl sites for hydroxylation is 3. The molecular formula is C36H40F4N4O3. The van der Waals surface area contributed by atoms with Gasteiger partial charge in [-0.2, -0.15) is 18.3 Å². The van der Waals surface area contributed by atoms with Crippen LogP contribution in [-0.2, 0) is 16.6 Å². The second-order valence-electron chi connectivity index (χ2n) is 13.4. The summed E-state index contributed by atoms with van der Waals surface area (Å²) in [5.41, 5.74) is 5.31. The molecule has 1 aliphatic rings. The van der Waals surface area contributed by atoms with Crippen LogP contribution >= 0.6 is 0 Å². The molecular weight excluding hydrogens is 612 g/mol. The Morgan fingerprint density at radius 3 is 2.49 bits per heavy atom. The van der Waals surface area contributed by atoms with Crippen LogP contribution in [0.3, 0.4) is 0 Å². The predicted octanol–water partition coefficient (Wildman–Crippen LogP) is 6.86. The van der Waals surface area contributed by atoms with Gasteiger partial charge in [0.05, 0.1) is 17.4 Å². The number of carbonyl (C=O) groups is 2. The molecule has 3 aromatic carbocycles. The topological polar surface area (TPSA) is 101 Å². The van der Waals surface area contributed by atoms with E-state index in [-0.39, 0.29) is 12.3 Å². The third-order valence-electron chi connectivity index (χ3n) is 9.35. The van der Waals surface area contributed by atoms with E-state index < -0.39 is 47.8 Å². The minimum absolute atomic E-state index is 0.0971. The number of hydrogen-bond acceptors (Lipinski definition) is 4. The van der Waals surface area contributed by atoms with Crippen molar-refractivity contribution in [3.05, 3.63) is 94.4 Å². The highest BCUT2D eigenvalue weighted by Crippen LogP contribution is 2.44. The number of alkyl halides is 3. The van der Waals surface area contributed by atoms with Gasteiger partial charge in [0.2, 0.25) is 5.91 Å². The maximum atomic E-state index is 14.6. The normalized spacial score (nSPS) is 17.1. The van der Waals surface area contributed by atoms with Crippen LogP contribution in [0.4, 0.5) is 17.6 Å². The Kier molecular flexibility index (Phi) is 9.25. The van der Waals surface area contributed by atoms with Crippen LogP contribution in [0.5, 0.6) is 0 Å². The van der Waals surface area contributed by atoms with Crippen LogP contribution in [0, 0.1) is 19.7 Å². The van der Waals surface area contributed by atoms with Gasteiger partial charge in [-0.1, -0.05) is 32.0 Å². The highest BCUT2D eigenvalue weighted by Gasteiger charge is 2.55. The van der Waals surface area contributed by atoms with Gasteiger partial charge in [0, 0.05) is 17.5 Å². The van der Waals surface area contributed by atoms with E-state index in [2.05, 4.69) is 5.10 Å². The molecule has 3 N–H and O–H groups in total. The van der Waals surface area contributed by atoms with Crippen molar-refractivity contribution in [3.63, 3.8) is 0 Å². The van der Waals surface area contributed by atoms with Crippen molar-refractivity contribution in [2.45, 2.75) is 89.5 Å². The molecule has 4 aromatic rings. The average molecular weight is 653 g/mol. The van der Waals surface area contributed by atoms with Crippen LogP contribution < -0.4 is 5.73 Å². The number of rotatable bonds is 9. The molecule has 2 amide bonds. The van der Waals surface area contributed by atoms with Gasteiger partial charge in [-0.25, -0.2) is 9.07 Å². The number of nitrogens with zero attached hydrogens (tertiary/aromatic N) is 3. The van der Waals surface area contributed by atoms with Crippen LogP contribution in [0.25, 0.3) is 16.6 Å². The van der Waals surface area contributed by atoms with Gasteiger partial charge in [0.15, 0.2) is 5.60 Å². The van der Waals surface area contributed by atoms with Crippen LogP contribution in [0.1, 0.15) is 78.6 Å². The molecule has 11 heteroatoms. The second kappa shape index (κ2) is 12.7. The summed E-state index contributed by atoms with van der Waals surface area (Å²) in [4.78, 5) is 27.0. The number of benzene rings is 3. The molecule has 1 aliphatic heterocycles. The number of aliphatic hydroxyl groups is 1. The molecule has 47 heavy (non-hydrogen) atoms. The van der Waals surface area contributed by atoms with E-state index in [1.165, 1.54) is 23.1 Å². The zero-order valence-corrected chi connectivity index (χ0v) is 27.0. The van der Waals surface area contributed by atoms with Crippen LogP contribution in [0.2, 0.25) is 0 Å². The smallest absolute Gasteiger partial charge is 0.380 e. The lowest BCUT2D eigenvalue weighted by Crippen LogP contribution is -2.50. The molecule has 7 nitrogen and oxygen atoms in total. The molecule has 5 rings (SSSR count). The molecule has 250 valence electrons. The third kappa shape index (κ3) is 6.90. The zero-order valence-electron chi connectivity index (χ0n) is 27.0. The molecule has 0 radical (unpaired) electrons. The van der Waals surface area contributed by atoms with Gasteiger partial charge in [-0.05, 0) is 116 Å².